The molecule has 0 fully saturated rings. The van der Waals surface area contributed by atoms with Crippen LogP contribution < -0.4 is 9.80 Å². The van der Waals surface area contributed by atoms with Gasteiger partial charge < -0.3 is 9.80 Å². The highest BCUT2D eigenvalue weighted by molar-refractivity contribution is 6.23. The highest BCUT2D eigenvalue weighted by atomic mass is 15.1. The second-order valence-electron chi connectivity index (χ2n) is 27.2. The molecule has 2 heteroatoms. The third-order valence-corrected chi connectivity index (χ3v) is 21.0. The Bertz CT molecular complexity index is 4560. The number of nitrogens with zero attached hydrogens (tertiary/aromatic N) is 2. The quantitative estimate of drug-likeness (QED) is 0.140. The molecule has 0 aliphatic heterocycles. The van der Waals surface area contributed by atoms with Crippen molar-refractivity contribution in [3.05, 3.63) is 311 Å². The van der Waals surface area contributed by atoms with E-state index in [9.17, 15) is 0 Å². The van der Waals surface area contributed by atoms with Crippen molar-refractivity contribution in [2.75, 3.05) is 9.80 Å². The highest BCUT2D eigenvalue weighted by Crippen LogP contribution is 2.57. The van der Waals surface area contributed by atoms with Crippen LogP contribution in [0.4, 0.5) is 34.1 Å². The zero-order valence-corrected chi connectivity index (χ0v) is 51.3. The molecule has 0 atom stereocenters. The maximum atomic E-state index is 2.53. The fourth-order valence-electron chi connectivity index (χ4n) is 16.5. The Kier molecular flexibility index (Phi) is 11.1. The SMILES string of the molecule is CC1(C)c2ccccc2-c2ccc(N(c3ccc4c(c3)C(C)(C)c3ccccc3-4)c3ccc4c(-c5ccccc5)c5cc(N(c6ccc7c(c6)C(C)(C)c6ccccc6-7)c6ccc7c(c6)C(C)(C)c6ccccc6-7)ccc5c(-c5ccccc5)c4c3)cc21. The zero-order chi connectivity index (χ0) is 59.6. The standard InChI is InChI=1S/C86H68N2/c1-83(2)73-31-19-15-27-61(73)65-41-35-57(49-77(65)83)87(58-36-42-66-62-28-16-20-32-74(62)84(3,4)78(66)50-58)55-39-45-69-71(47-55)81(53-23-11-9-12-24-53)70-46-40-56(48-72(70)82(69)54-25-13-10-14-26-54)88(59-37-43-67-63-29-17-21-33-75(63)85(5,6)79(67)51-59)60-38-44-68-64-30-18-22-34-76(64)86(7,8)80(68)52-60/h9-52H,1-8H3. The molecule has 13 aromatic rings. The van der Waals surface area contributed by atoms with E-state index in [1.165, 1.54) is 133 Å². The van der Waals surface area contributed by atoms with Crippen molar-refractivity contribution < 1.29 is 0 Å². The molecule has 0 spiro atoms. The average Bonchev–Trinajstić information content (AvgIpc) is 1.30. The second-order valence-corrected chi connectivity index (χ2v) is 27.2. The van der Waals surface area contributed by atoms with E-state index < -0.39 is 0 Å². The van der Waals surface area contributed by atoms with E-state index in [1.807, 2.05) is 0 Å². The number of hydrogen-bond donors (Lipinski definition) is 0. The van der Waals surface area contributed by atoms with Gasteiger partial charge in [-0.15, -0.1) is 0 Å². The van der Waals surface area contributed by atoms with E-state index in [0.717, 1.165) is 34.1 Å². The van der Waals surface area contributed by atoms with Crippen LogP contribution in [0, 0.1) is 0 Å². The van der Waals surface area contributed by atoms with E-state index in [2.05, 4.69) is 332 Å². The summed E-state index contributed by atoms with van der Waals surface area (Å²) in [4.78, 5) is 5.07. The Morgan fingerprint density at radius 2 is 0.420 bits per heavy atom. The lowest BCUT2D eigenvalue weighted by Gasteiger charge is -2.31. The molecule has 4 aliphatic rings. The van der Waals surface area contributed by atoms with Crippen molar-refractivity contribution in [1.29, 1.82) is 0 Å². The number of anilines is 6. The van der Waals surface area contributed by atoms with Crippen molar-refractivity contribution in [1.82, 2.24) is 0 Å². The lowest BCUT2D eigenvalue weighted by Crippen LogP contribution is -2.18. The monoisotopic (exact) mass is 1130 g/mol. The van der Waals surface area contributed by atoms with Gasteiger partial charge in [0.05, 0.1) is 0 Å². The molecular formula is C86H68N2. The molecule has 17 rings (SSSR count). The van der Waals surface area contributed by atoms with Crippen molar-refractivity contribution in [2.45, 2.75) is 77.0 Å². The van der Waals surface area contributed by atoms with Crippen molar-refractivity contribution in [2.24, 2.45) is 0 Å². The minimum absolute atomic E-state index is 0.178. The first-order valence-electron chi connectivity index (χ1n) is 31.4. The van der Waals surface area contributed by atoms with Crippen LogP contribution in [0.3, 0.4) is 0 Å². The molecule has 0 bridgehead atoms. The fraction of sp³-hybridized carbons (Fsp3) is 0.140. The summed E-state index contributed by atoms with van der Waals surface area (Å²) in [5.41, 5.74) is 32.3. The summed E-state index contributed by atoms with van der Waals surface area (Å²) in [6, 6.07) is 102. The first-order valence-corrected chi connectivity index (χ1v) is 31.4. The summed E-state index contributed by atoms with van der Waals surface area (Å²) in [7, 11) is 0. The summed E-state index contributed by atoms with van der Waals surface area (Å²) in [6.07, 6.45) is 0. The minimum atomic E-state index is -0.178. The van der Waals surface area contributed by atoms with E-state index in [1.54, 1.807) is 0 Å². The van der Waals surface area contributed by atoms with Gasteiger partial charge in [0.15, 0.2) is 0 Å². The molecule has 0 amide bonds. The topological polar surface area (TPSA) is 6.48 Å². The van der Waals surface area contributed by atoms with Gasteiger partial charge in [0, 0.05) is 55.8 Å². The molecule has 0 radical (unpaired) electrons. The van der Waals surface area contributed by atoms with Crippen LogP contribution >= 0.6 is 0 Å². The third kappa shape index (κ3) is 7.42. The maximum absolute atomic E-state index is 2.53. The largest absolute Gasteiger partial charge is 0.310 e. The van der Waals surface area contributed by atoms with Crippen LogP contribution in [0.1, 0.15) is 99.9 Å². The summed E-state index contributed by atoms with van der Waals surface area (Å²) in [5, 5.41) is 4.81. The Morgan fingerprint density at radius 1 is 0.193 bits per heavy atom. The van der Waals surface area contributed by atoms with Gasteiger partial charge in [-0.25, -0.2) is 0 Å². The number of hydrogen-bond acceptors (Lipinski definition) is 2. The molecule has 0 saturated heterocycles. The number of rotatable bonds is 8. The van der Waals surface area contributed by atoms with Crippen molar-refractivity contribution >= 4 is 55.7 Å². The second kappa shape index (κ2) is 18.7. The van der Waals surface area contributed by atoms with Crippen LogP contribution in [0.2, 0.25) is 0 Å². The van der Waals surface area contributed by atoms with Gasteiger partial charge >= 0.3 is 0 Å². The Balaban J connectivity index is 0.912. The zero-order valence-electron chi connectivity index (χ0n) is 51.3. The molecule has 0 unspecified atom stereocenters. The molecule has 2 nitrogen and oxygen atoms in total. The number of benzene rings is 13. The fourth-order valence-corrected chi connectivity index (χ4v) is 16.5. The molecule has 88 heavy (non-hydrogen) atoms. The normalized spacial score (nSPS) is 15.2. The molecule has 0 aromatic heterocycles. The van der Waals surface area contributed by atoms with Gasteiger partial charge in [0.2, 0.25) is 0 Å². The van der Waals surface area contributed by atoms with Crippen LogP contribution in [-0.2, 0) is 21.7 Å². The summed E-state index contributed by atoms with van der Waals surface area (Å²) >= 11 is 0. The van der Waals surface area contributed by atoms with Crippen LogP contribution in [0.25, 0.3) is 88.3 Å². The van der Waals surface area contributed by atoms with E-state index in [4.69, 9.17) is 0 Å². The molecule has 0 saturated carbocycles. The Labute approximate surface area is 517 Å². The molecule has 0 heterocycles. The lowest BCUT2D eigenvalue weighted by molar-refractivity contribution is 0.659. The van der Waals surface area contributed by atoms with Gasteiger partial charge in [-0.3, -0.25) is 0 Å². The van der Waals surface area contributed by atoms with Crippen LogP contribution in [-0.4, -0.2) is 0 Å². The summed E-state index contributed by atoms with van der Waals surface area (Å²) in [6.45, 7) is 19.1. The third-order valence-electron chi connectivity index (χ3n) is 21.0. The number of fused-ring (bicyclic) bond motifs is 14. The van der Waals surface area contributed by atoms with Gasteiger partial charge in [-0.05, 0) is 206 Å². The van der Waals surface area contributed by atoms with Crippen molar-refractivity contribution in [3.8, 4) is 66.8 Å². The van der Waals surface area contributed by atoms with Gasteiger partial charge in [-0.2, -0.15) is 0 Å². The van der Waals surface area contributed by atoms with Crippen LogP contribution in [0.5, 0.6) is 0 Å². The van der Waals surface area contributed by atoms with Gasteiger partial charge in [-0.1, -0.05) is 250 Å². The molecular weight excluding hydrogens is 1060 g/mol. The van der Waals surface area contributed by atoms with E-state index in [0.29, 0.717) is 0 Å². The van der Waals surface area contributed by atoms with Gasteiger partial charge in [0.1, 0.15) is 0 Å². The maximum Gasteiger partial charge on any atom is 0.0468 e. The first kappa shape index (κ1) is 52.3. The summed E-state index contributed by atoms with van der Waals surface area (Å²) in [5.74, 6) is 0. The molecule has 422 valence electrons. The Hall–Kier alpha value is -10.0. The molecule has 0 N–H and O–H groups in total. The predicted molar refractivity (Wildman–Crippen MR) is 372 cm³/mol. The van der Waals surface area contributed by atoms with Crippen molar-refractivity contribution in [3.63, 3.8) is 0 Å². The molecule has 4 aliphatic carbocycles. The summed E-state index contributed by atoms with van der Waals surface area (Å²) < 4.78 is 0. The van der Waals surface area contributed by atoms with E-state index >= 15 is 0 Å². The first-order chi connectivity index (χ1) is 42.7. The predicted octanol–water partition coefficient (Wildman–Crippen LogP) is 23.5. The lowest BCUT2D eigenvalue weighted by atomic mass is 9.82. The smallest absolute Gasteiger partial charge is 0.0468 e. The van der Waals surface area contributed by atoms with Gasteiger partial charge in [0.25, 0.3) is 0 Å². The average molecular weight is 1130 g/mol. The minimum Gasteiger partial charge on any atom is -0.310 e. The van der Waals surface area contributed by atoms with E-state index in [-0.39, 0.29) is 21.7 Å². The Morgan fingerprint density at radius 3 is 0.705 bits per heavy atom. The highest BCUT2D eigenvalue weighted by Gasteiger charge is 2.40. The molecule has 13 aromatic carbocycles. The van der Waals surface area contributed by atoms with Crippen LogP contribution in [0.15, 0.2) is 267 Å².